The topological polar surface area (TPSA) is 58.9 Å². The summed E-state index contributed by atoms with van der Waals surface area (Å²) in [5.74, 6) is 0.778. The molecule has 112 valence electrons. The van der Waals surface area contributed by atoms with Gasteiger partial charge in [0.25, 0.3) is 0 Å². The molecule has 0 saturated carbocycles. The van der Waals surface area contributed by atoms with E-state index >= 15 is 0 Å². The van der Waals surface area contributed by atoms with Crippen molar-refractivity contribution in [3.8, 4) is 5.69 Å². The van der Waals surface area contributed by atoms with E-state index < -0.39 is 0 Å². The molecule has 1 aliphatic heterocycles. The van der Waals surface area contributed by atoms with Crippen LogP contribution >= 0.6 is 0 Å². The van der Waals surface area contributed by atoms with Crippen LogP contribution in [0.2, 0.25) is 0 Å². The minimum atomic E-state index is 0.778. The van der Waals surface area contributed by atoms with E-state index in [2.05, 4.69) is 57.9 Å². The summed E-state index contributed by atoms with van der Waals surface area (Å²) >= 11 is 0. The van der Waals surface area contributed by atoms with Gasteiger partial charge in [0.15, 0.2) is 0 Å². The molecule has 1 aromatic carbocycles. The van der Waals surface area contributed by atoms with Gasteiger partial charge in [-0.2, -0.15) is 0 Å². The van der Waals surface area contributed by atoms with Crippen LogP contribution in [-0.4, -0.2) is 51.8 Å². The maximum Gasteiger partial charge on any atom is 0.143 e. The molecule has 0 amide bonds. The third-order valence-corrected chi connectivity index (χ3v) is 4.23. The molecule has 6 nitrogen and oxygen atoms in total. The fourth-order valence-electron chi connectivity index (χ4n) is 2.82. The summed E-state index contributed by atoms with van der Waals surface area (Å²) in [6.45, 7) is 5.56. The van der Waals surface area contributed by atoms with Crippen molar-refractivity contribution >= 4 is 5.69 Å². The van der Waals surface area contributed by atoms with Crippen LogP contribution in [0.3, 0.4) is 0 Å². The van der Waals surface area contributed by atoms with Gasteiger partial charge < -0.3 is 10.2 Å². The Bertz CT molecular complexity index is 572. The molecule has 1 fully saturated rings. The van der Waals surface area contributed by atoms with Gasteiger partial charge in [0.2, 0.25) is 0 Å². The van der Waals surface area contributed by atoms with Gasteiger partial charge in [-0.25, -0.2) is 4.68 Å². The van der Waals surface area contributed by atoms with Gasteiger partial charge in [-0.05, 0) is 80.0 Å². The molecule has 0 atom stereocenters. The van der Waals surface area contributed by atoms with Gasteiger partial charge in [-0.15, -0.1) is 5.10 Å². The number of nitrogens with zero attached hydrogens (tertiary/aromatic N) is 5. The molecular weight excluding hydrogens is 264 g/mol. The molecule has 0 spiro atoms. The lowest BCUT2D eigenvalue weighted by atomic mass is 9.97. The lowest BCUT2D eigenvalue weighted by molar-refractivity contribution is 0.226. The highest BCUT2D eigenvalue weighted by atomic mass is 15.5. The van der Waals surface area contributed by atoms with Crippen LogP contribution in [0.15, 0.2) is 24.5 Å². The van der Waals surface area contributed by atoms with Gasteiger partial charge in [-0.3, -0.25) is 0 Å². The first-order valence-electron chi connectivity index (χ1n) is 7.49. The predicted molar refractivity (Wildman–Crippen MR) is 82.6 cm³/mol. The molecule has 3 rings (SSSR count). The van der Waals surface area contributed by atoms with Gasteiger partial charge >= 0.3 is 0 Å². The maximum absolute atomic E-state index is 3.93. The fourth-order valence-corrected chi connectivity index (χ4v) is 2.82. The maximum atomic E-state index is 3.93. The van der Waals surface area contributed by atoms with Crippen molar-refractivity contribution in [3.05, 3.63) is 30.1 Å². The van der Waals surface area contributed by atoms with Crippen molar-refractivity contribution in [2.45, 2.75) is 19.8 Å². The Labute approximate surface area is 125 Å². The van der Waals surface area contributed by atoms with Crippen LogP contribution in [0, 0.1) is 12.8 Å². The van der Waals surface area contributed by atoms with Crippen molar-refractivity contribution in [1.82, 2.24) is 25.1 Å². The predicted octanol–water partition coefficient (Wildman–Crippen LogP) is 1.72. The fraction of sp³-hybridized carbons (Fsp3) is 0.533. The number of tetrazole rings is 1. The minimum absolute atomic E-state index is 0.778. The molecule has 2 aromatic rings. The van der Waals surface area contributed by atoms with Crippen LogP contribution in [0.25, 0.3) is 5.69 Å². The monoisotopic (exact) mass is 286 g/mol. The van der Waals surface area contributed by atoms with Crippen molar-refractivity contribution < 1.29 is 0 Å². The molecule has 0 aliphatic carbocycles. The van der Waals surface area contributed by atoms with Crippen molar-refractivity contribution in [2.24, 2.45) is 5.92 Å². The zero-order valence-electron chi connectivity index (χ0n) is 12.7. The number of rotatable bonds is 4. The average molecular weight is 286 g/mol. The van der Waals surface area contributed by atoms with Crippen LogP contribution in [0.1, 0.15) is 18.4 Å². The number of piperidine rings is 1. The third kappa shape index (κ3) is 3.39. The summed E-state index contributed by atoms with van der Waals surface area (Å²) in [5.41, 5.74) is 3.35. The highest BCUT2D eigenvalue weighted by Gasteiger charge is 2.16. The van der Waals surface area contributed by atoms with E-state index in [1.54, 1.807) is 11.0 Å². The van der Waals surface area contributed by atoms with Crippen LogP contribution in [0.5, 0.6) is 0 Å². The molecule has 1 aliphatic rings. The lowest BCUT2D eigenvalue weighted by Gasteiger charge is -2.29. The van der Waals surface area contributed by atoms with Crippen molar-refractivity contribution in [2.75, 3.05) is 32.0 Å². The van der Waals surface area contributed by atoms with E-state index in [1.165, 1.54) is 31.6 Å². The summed E-state index contributed by atoms with van der Waals surface area (Å²) in [4.78, 5) is 2.40. The summed E-state index contributed by atoms with van der Waals surface area (Å²) < 4.78 is 1.69. The van der Waals surface area contributed by atoms with Crippen molar-refractivity contribution in [1.29, 1.82) is 0 Å². The van der Waals surface area contributed by atoms with Gasteiger partial charge in [0.1, 0.15) is 6.33 Å². The molecule has 1 N–H and O–H groups in total. The number of aryl methyl sites for hydroxylation is 1. The zero-order valence-corrected chi connectivity index (χ0v) is 12.7. The summed E-state index contributed by atoms with van der Waals surface area (Å²) in [6, 6.07) is 6.31. The summed E-state index contributed by atoms with van der Waals surface area (Å²) in [7, 11) is 2.20. The van der Waals surface area contributed by atoms with E-state index in [1.807, 2.05) is 0 Å². The minimum Gasteiger partial charge on any atom is -0.385 e. The number of benzene rings is 1. The average Bonchev–Trinajstić information content (AvgIpc) is 3.01. The highest BCUT2D eigenvalue weighted by Crippen LogP contribution is 2.20. The molecule has 0 unspecified atom stereocenters. The molecule has 2 heterocycles. The summed E-state index contributed by atoms with van der Waals surface area (Å²) in [5, 5.41) is 14.9. The Kier molecular flexibility index (Phi) is 4.15. The number of aromatic nitrogens is 4. The Hall–Kier alpha value is -1.95. The van der Waals surface area contributed by atoms with Gasteiger partial charge in [-0.1, -0.05) is 0 Å². The normalized spacial score (nSPS) is 17.0. The molecule has 1 aromatic heterocycles. The number of likely N-dealkylation sites (tertiary alicyclic amines) is 1. The molecule has 0 bridgehead atoms. The zero-order chi connectivity index (χ0) is 14.7. The smallest absolute Gasteiger partial charge is 0.143 e. The Balaban J connectivity index is 1.60. The Morgan fingerprint density at radius 1 is 1.29 bits per heavy atom. The first-order valence-corrected chi connectivity index (χ1v) is 7.49. The van der Waals surface area contributed by atoms with Gasteiger partial charge in [0.05, 0.1) is 5.69 Å². The van der Waals surface area contributed by atoms with Gasteiger partial charge in [0, 0.05) is 12.2 Å². The number of hydrogen-bond acceptors (Lipinski definition) is 5. The lowest BCUT2D eigenvalue weighted by Crippen LogP contribution is -2.32. The largest absolute Gasteiger partial charge is 0.385 e. The second kappa shape index (κ2) is 6.22. The van der Waals surface area contributed by atoms with Crippen LogP contribution in [-0.2, 0) is 0 Å². The highest BCUT2D eigenvalue weighted by molar-refractivity contribution is 5.53. The van der Waals surface area contributed by atoms with E-state index in [0.717, 1.165) is 23.7 Å². The second-order valence-electron chi connectivity index (χ2n) is 5.88. The molecule has 1 saturated heterocycles. The standard InChI is InChI=1S/C15H22N6/c1-12-9-14(3-4-15(12)21-11-17-18-19-21)16-10-13-5-7-20(2)8-6-13/h3-4,9,11,13,16H,5-8,10H2,1-2H3. The van der Waals surface area contributed by atoms with E-state index in [-0.39, 0.29) is 0 Å². The first kappa shape index (κ1) is 14.0. The Morgan fingerprint density at radius 3 is 2.76 bits per heavy atom. The number of anilines is 1. The summed E-state index contributed by atoms with van der Waals surface area (Å²) in [6.07, 6.45) is 4.18. The molecular formula is C15H22N6. The first-order chi connectivity index (χ1) is 10.2. The molecule has 6 heteroatoms. The third-order valence-electron chi connectivity index (χ3n) is 4.23. The van der Waals surface area contributed by atoms with Crippen LogP contribution < -0.4 is 5.32 Å². The van der Waals surface area contributed by atoms with E-state index in [0.29, 0.717) is 0 Å². The second-order valence-corrected chi connectivity index (χ2v) is 5.88. The Morgan fingerprint density at radius 2 is 2.10 bits per heavy atom. The molecule has 21 heavy (non-hydrogen) atoms. The van der Waals surface area contributed by atoms with Crippen molar-refractivity contribution in [3.63, 3.8) is 0 Å². The number of hydrogen-bond donors (Lipinski definition) is 1. The quantitative estimate of drug-likeness (QED) is 0.927. The SMILES string of the molecule is Cc1cc(NCC2CCN(C)CC2)ccc1-n1cnnn1. The van der Waals surface area contributed by atoms with E-state index in [9.17, 15) is 0 Å². The number of nitrogens with one attached hydrogen (secondary N) is 1. The molecule has 0 radical (unpaired) electrons. The van der Waals surface area contributed by atoms with Crippen LogP contribution in [0.4, 0.5) is 5.69 Å². The van der Waals surface area contributed by atoms with E-state index in [4.69, 9.17) is 0 Å².